The lowest BCUT2D eigenvalue weighted by Gasteiger charge is -2.43. The molecule has 0 saturated carbocycles. The summed E-state index contributed by atoms with van der Waals surface area (Å²) < 4.78 is 0. The van der Waals surface area contributed by atoms with Gasteiger partial charge in [0.15, 0.2) is 0 Å². The zero-order valence-electron chi connectivity index (χ0n) is 15.0. The zero-order valence-corrected chi connectivity index (χ0v) is 15.0. The summed E-state index contributed by atoms with van der Waals surface area (Å²) in [5, 5.41) is 3.39. The highest BCUT2D eigenvalue weighted by atomic mass is 15.3. The van der Waals surface area contributed by atoms with Gasteiger partial charge in [-0.25, -0.2) is 0 Å². The maximum Gasteiger partial charge on any atom is 0.0125 e. The summed E-state index contributed by atoms with van der Waals surface area (Å²) in [6.07, 6.45) is 2.79. The van der Waals surface area contributed by atoms with Gasteiger partial charge >= 0.3 is 0 Å². The van der Waals surface area contributed by atoms with Crippen LogP contribution in [-0.2, 0) is 0 Å². The number of hydrogen-bond acceptors (Lipinski definition) is 4. The molecule has 3 aliphatic heterocycles. The zero-order chi connectivity index (χ0) is 15.6. The summed E-state index contributed by atoms with van der Waals surface area (Å²) in [4.78, 5) is 8.07. The molecule has 22 heavy (non-hydrogen) atoms. The van der Waals surface area contributed by atoms with Crippen LogP contribution in [0.4, 0.5) is 0 Å². The van der Waals surface area contributed by atoms with Crippen molar-refractivity contribution in [2.45, 2.75) is 39.2 Å². The lowest BCUT2D eigenvalue weighted by Crippen LogP contribution is -2.54. The Hall–Kier alpha value is -0.160. The first-order valence-corrected chi connectivity index (χ1v) is 9.41. The second-order valence-electron chi connectivity index (χ2n) is 8.73. The molecule has 0 atom stereocenters. The van der Waals surface area contributed by atoms with E-state index in [1.807, 2.05) is 0 Å². The lowest BCUT2D eigenvalue weighted by molar-refractivity contribution is 0.0569. The van der Waals surface area contributed by atoms with Gasteiger partial charge in [-0.15, -0.1) is 0 Å². The Labute approximate surface area is 137 Å². The SMILES string of the molecule is CC(C)(C)N1CCC(CN2CCN(CC3CNC3)CC2)CC1. The molecule has 3 saturated heterocycles. The third-order valence-electron chi connectivity index (χ3n) is 5.93. The predicted octanol–water partition coefficient (Wildman–Crippen LogP) is 1.33. The highest BCUT2D eigenvalue weighted by Crippen LogP contribution is 2.24. The highest BCUT2D eigenvalue weighted by Gasteiger charge is 2.29. The minimum Gasteiger partial charge on any atom is -0.316 e. The first-order valence-electron chi connectivity index (χ1n) is 9.41. The van der Waals surface area contributed by atoms with Crippen LogP contribution in [0.3, 0.4) is 0 Å². The number of piperidine rings is 1. The first kappa shape index (κ1) is 16.7. The quantitative estimate of drug-likeness (QED) is 0.846. The monoisotopic (exact) mass is 308 g/mol. The number of nitrogens with one attached hydrogen (secondary N) is 1. The molecule has 0 aliphatic carbocycles. The van der Waals surface area contributed by atoms with Crippen molar-refractivity contribution in [2.24, 2.45) is 11.8 Å². The number of hydrogen-bond donors (Lipinski definition) is 1. The number of piperazine rings is 1. The van der Waals surface area contributed by atoms with Gasteiger partial charge in [0.25, 0.3) is 0 Å². The van der Waals surface area contributed by atoms with E-state index in [9.17, 15) is 0 Å². The van der Waals surface area contributed by atoms with Crippen molar-refractivity contribution in [1.29, 1.82) is 0 Å². The Morgan fingerprint density at radius 3 is 1.68 bits per heavy atom. The van der Waals surface area contributed by atoms with Crippen molar-refractivity contribution < 1.29 is 0 Å². The van der Waals surface area contributed by atoms with E-state index < -0.39 is 0 Å². The average molecular weight is 309 g/mol. The molecule has 1 N–H and O–H groups in total. The predicted molar refractivity (Wildman–Crippen MR) is 93.3 cm³/mol. The summed E-state index contributed by atoms with van der Waals surface area (Å²) >= 11 is 0. The molecule has 3 fully saturated rings. The van der Waals surface area contributed by atoms with Gasteiger partial charge in [0.2, 0.25) is 0 Å². The Morgan fingerprint density at radius 1 is 0.773 bits per heavy atom. The van der Waals surface area contributed by atoms with E-state index >= 15 is 0 Å². The fraction of sp³-hybridized carbons (Fsp3) is 1.00. The molecular formula is C18H36N4. The van der Waals surface area contributed by atoms with Crippen LogP contribution in [0.15, 0.2) is 0 Å². The van der Waals surface area contributed by atoms with Crippen LogP contribution in [0, 0.1) is 11.8 Å². The van der Waals surface area contributed by atoms with Crippen molar-refractivity contribution in [3.05, 3.63) is 0 Å². The molecule has 4 heteroatoms. The van der Waals surface area contributed by atoms with Crippen molar-refractivity contribution in [3.8, 4) is 0 Å². The molecule has 0 bridgehead atoms. The fourth-order valence-electron chi connectivity index (χ4n) is 4.15. The molecule has 0 aromatic heterocycles. The fourth-order valence-corrected chi connectivity index (χ4v) is 4.15. The van der Waals surface area contributed by atoms with Gasteiger partial charge < -0.3 is 15.1 Å². The van der Waals surface area contributed by atoms with Crippen molar-refractivity contribution in [2.75, 3.05) is 65.4 Å². The van der Waals surface area contributed by atoms with E-state index in [2.05, 4.69) is 40.8 Å². The number of likely N-dealkylation sites (tertiary alicyclic amines) is 1. The molecule has 0 spiro atoms. The number of rotatable bonds is 4. The van der Waals surface area contributed by atoms with Gasteiger partial charge in [-0.2, -0.15) is 0 Å². The molecule has 3 aliphatic rings. The van der Waals surface area contributed by atoms with E-state index in [0.29, 0.717) is 5.54 Å². The van der Waals surface area contributed by atoms with Crippen LogP contribution < -0.4 is 5.32 Å². The molecule has 0 radical (unpaired) electrons. The van der Waals surface area contributed by atoms with Crippen LogP contribution >= 0.6 is 0 Å². The summed E-state index contributed by atoms with van der Waals surface area (Å²) in [7, 11) is 0. The largest absolute Gasteiger partial charge is 0.316 e. The molecule has 0 aromatic rings. The Kier molecular flexibility index (Phi) is 5.43. The summed E-state index contributed by atoms with van der Waals surface area (Å²) in [5.41, 5.74) is 0.354. The van der Waals surface area contributed by atoms with Crippen molar-refractivity contribution in [1.82, 2.24) is 20.0 Å². The minimum atomic E-state index is 0.354. The van der Waals surface area contributed by atoms with Gasteiger partial charge in [0, 0.05) is 57.9 Å². The Balaban J connectivity index is 1.33. The van der Waals surface area contributed by atoms with Crippen molar-refractivity contribution >= 4 is 0 Å². The molecule has 128 valence electrons. The molecule has 3 rings (SSSR count). The van der Waals surface area contributed by atoms with E-state index in [-0.39, 0.29) is 0 Å². The Morgan fingerprint density at radius 2 is 1.27 bits per heavy atom. The van der Waals surface area contributed by atoms with Crippen LogP contribution in [0.2, 0.25) is 0 Å². The summed E-state index contributed by atoms with van der Waals surface area (Å²) in [6.45, 7) is 20.0. The van der Waals surface area contributed by atoms with Gasteiger partial charge in [0.05, 0.1) is 0 Å². The molecule has 0 aromatic carbocycles. The second-order valence-corrected chi connectivity index (χ2v) is 8.73. The van der Waals surface area contributed by atoms with E-state index in [1.165, 1.54) is 78.3 Å². The average Bonchev–Trinajstić information content (AvgIpc) is 2.44. The topological polar surface area (TPSA) is 21.8 Å². The van der Waals surface area contributed by atoms with E-state index in [4.69, 9.17) is 0 Å². The lowest BCUT2D eigenvalue weighted by atomic mass is 9.92. The van der Waals surface area contributed by atoms with Gasteiger partial charge in [-0.3, -0.25) is 4.90 Å². The maximum atomic E-state index is 3.39. The van der Waals surface area contributed by atoms with Crippen LogP contribution in [0.1, 0.15) is 33.6 Å². The minimum absolute atomic E-state index is 0.354. The second kappa shape index (κ2) is 7.16. The van der Waals surface area contributed by atoms with Crippen LogP contribution in [0.5, 0.6) is 0 Å². The third kappa shape index (κ3) is 4.44. The summed E-state index contributed by atoms with van der Waals surface area (Å²) in [6, 6.07) is 0. The van der Waals surface area contributed by atoms with Crippen LogP contribution in [0.25, 0.3) is 0 Å². The Bertz CT molecular complexity index is 331. The standard InChI is InChI=1S/C18H36N4/c1-18(2,3)22-6-4-16(5-7-22)14-20-8-10-21(11-9-20)15-17-12-19-13-17/h16-17,19H,4-15H2,1-3H3. The first-order chi connectivity index (χ1) is 10.5. The highest BCUT2D eigenvalue weighted by molar-refractivity contribution is 4.85. The molecular weight excluding hydrogens is 272 g/mol. The summed E-state index contributed by atoms with van der Waals surface area (Å²) in [5.74, 6) is 1.86. The maximum absolute atomic E-state index is 3.39. The van der Waals surface area contributed by atoms with E-state index in [1.54, 1.807) is 0 Å². The van der Waals surface area contributed by atoms with Crippen LogP contribution in [-0.4, -0.2) is 85.7 Å². The van der Waals surface area contributed by atoms with Crippen molar-refractivity contribution in [3.63, 3.8) is 0 Å². The molecule has 3 heterocycles. The molecule has 0 unspecified atom stereocenters. The van der Waals surface area contributed by atoms with Gasteiger partial charge in [-0.05, 0) is 58.5 Å². The molecule has 0 amide bonds. The third-order valence-corrected chi connectivity index (χ3v) is 5.93. The van der Waals surface area contributed by atoms with Gasteiger partial charge in [-0.1, -0.05) is 0 Å². The van der Waals surface area contributed by atoms with E-state index in [0.717, 1.165) is 11.8 Å². The number of nitrogens with zero attached hydrogens (tertiary/aromatic N) is 3. The normalized spacial score (nSPS) is 28.0. The molecule has 4 nitrogen and oxygen atoms in total. The smallest absolute Gasteiger partial charge is 0.0125 e. The van der Waals surface area contributed by atoms with Gasteiger partial charge in [0.1, 0.15) is 0 Å².